The first-order chi connectivity index (χ1) is 12.3. The first-order valence-electron chi connectivity index (χ1n) is 9.21. The number of nitrogens with one attached hydrogen (secondary N) is 1. The molecule has 130 valence electrons. The zero-order valence-corrected chi connectivity index (χ0v) is 14.6. The summed E-state index contributed by atoms with van der Waals surface area (Å²) in [6, 6.07) is 10.5. The van der Waals surface area contributed by atoms with Gasteiger partial charge in [0.2, 0.25) is 0 Å². The lowest BCUT2D eigenvalue weighted by atomic mass is 10.2. The summed E-state index contributed by atoms with van der Waals surface area (Å²) >= 11 is 0. The number of carbonyl (C=O) groups is 1. The Hall–Kier alpha value is -2.56. The molecular weight excluding hydrogens is 312 g/mol. The summed E-state index contributed by atoms with van der Waals surface area (Å²) in [5.41, 5.74) is 3.78. The fourth-order valence-corrected chi connectivity index (χ4v) is 3.82. The molecule has 3 heterocycles. The van der Waals surface area contributed by atoms with E-state index >= 15 is 0 Å². The Morgan fingerprint density at radius 3 is 2.88 bits per heavy atom. The van der Waals surface area contributed by atoms with Crippen molar-refractivity contribution in [3.05, 3.63) is 48.3 Å². The highest BCUT2D eigenvalue weighted by molar-refractivity contribution is 6.02. The lowest BCUT2D eigenvalue weighted by molar-refractivity contribution is 0.0955. The van der Waals surface area contributed by atoms with E-state index in [0.29, 0.717) is 12.6 Å². The molecular formula is C20H24N4O. The van der Waals surface area contributed by atoms with Crippen LogP contribution in [0.3, 0.4) is 0 Å². The van der Waals surface area contributed by atoms with E-state index in [4.69, 9.17) is 0 Å². The maximum absolute atomic E-state index is 12.6. The van der Waals surface area contributed by atoms with E-state index in [1.54, 1.807) is 0 Å². The molecule has 5 heteroatoms. The van der Waals surface area contributed by atoms with Crippen LogP contribution in [0.5, 0.6) is 0 Å². The number of hydrogen-bond donors (Lipinski definition) is 1. The van der Waals surface area contributed by atoms with Crippen molar-refractivity contribution < 1.29 is 4.79 Å². The number of carbonyl (C=O) groups excluding carboxylic acids is 1. The summed E-state index contributed by atoms with van der Waals surface area (Å²) in [6.07, 6.45) is 9.72. The minimum absolute atomic E-state index is 0.0104. The maximum Gasteiger partial charge on any atom is 0.253 e. The van der Waals surface area contributed by atoms with Gasteiger partial charge in [-0.15, -0.1) is 0 Å². The zero-order chi connectivity index (χ0) is 17.2. The monoisotopic (exact) mass is 336 g/mol. The molecule has 0 aromatic carbocycles. The Bertz CT molecular complexity index is 886. The molecule has 1 saturated carbocycles. The van der Waals surface area contributed by atoms with E-state index in [-0.39, 0.29) is 5.91 Å². The van der Waals surface area contributed by atoms with Crippen molar-refractivity contribution in [1.29, 1.82) is 0 Å². The van der Waals surface area contributed by atoms with Crippen molar-refractivity contribution in [2.45, 2.75) is 45.1 Å². The molecule has 1 amide bonds. The van der Waals surface area contributed by atoms with E-state index < -0.39 is 0 Å². The van der Waals surface area contributed by atoms with Gasteiger partial charge in [-0.05, 0) is 43.5 Å². The van der Waals surface area contributed by atoms with E-state index in [9.17, 15) is 4.79 Å². The van der Waals surface area contributed by atoms with E-state index in [2.05, 4.69) is 32.5 Å². The third-order valence-electron chi connectivity index (χ3n) is 5.06. The SMILES string of the molecule is CCCNC(=O)c1cc(-c2ccnn2C2CCCC2)n2ccccc12. The summed E-state index contributed by atoms with van der Waals surface area (Å²) in [5.74, 6) is -0.0104. The van der Waals surface area contributed by atoms with Crippen molar-refractivity contribution >= 4 is 11.4 Å². The largest absolute Gasteiger partial charge is 0.352 e. The van der Waals surface area contributed by atoms with Crippen molar-refractivity contribution in [3.8, 4) is 11.4 Å². The van der Waals surface area contributed by atoms with Gasteiger partial charge in [0.25, 0.3) is 5.91 Å². The van der Waals surface area contributed by atoms with Crippen LogP contribution in [0.2, 0.25) is 0 Å². The van der Waals surface area contributed by atoms with Crippen molar-refractivity contribution in [1.82, 2.24) is 19.5 Å². The number of hydrogen-bond acceptors (Lipinski definition) is 2. The number of fused-ring (bicyclic) bond motifs is 1. The summed E-state index contributed by atoms with van der Waals surface area (Å²) < 4.78 is 4.25. The average molecular weight is 336 g/mol. The Balaban J connectivity index is 1.81. The highest BCUT2D eigenvalue weighted by Crippen LogP contribution is 2.34. The fraction of sp³-hybridized carbons (Fsp3) is 0.400. The van der Waals surface area contributed by atoms with Crippen LogP contribution in [0, 0.1) is 0 Å². The third-order valence-corrected chi connectivity index (χ3v) is 5.06. The topological polar surface area (TPSA) is 51.3 Å². The van der Waals surface area contributed by atoms with Crippen LogP contribution in [-0.4, -0.2) is 26.6 Å². The van der Waals surface area contributed by atoms with Gasteiger partial charge in [0.15, 0.2) is 0 Å². The number of rotatable bonds is 5. The fourth-order valence-electron chi connectivity index (χ4n) is 3.82. The first kappa shape index (κ1) is 15.9. The van der Waals surface area contributed by atoms with Gasteiger partial charge in [-0.3, -0.25) is 9.48 Å². The van der Waals surface area contributed by atoms with Crippen LogP contribution in [0.15, 0.2) is 42.7 Å². The average Bonchev–Trinajstić information content (AvgIpc) is 3.37. The molecule has 5 nitrogen and oxygen atoms in total. The highest BCUT2D eigenvalue weighted by Gasteiger charge is 2.23. The number of aromatic nitrogens is 3. The van der Waals surface area contributed by atoms with Gasteiger partial charge in [-0.25, -0.2) is 0 Å². The molecule has 1 fully saturated rings. The van der Waals surface area contributed by atoms with Gasteiger partial charge in [-0.1, -0.05) is 25.8 Å². The lowest BCUT2D eigenvalue weighted by Crippen LogP contribution is -2.23. The molecule has 4 rings (SSSR count). The molecule has 0 unspecified atom stereocenters. The van der Waals surface area contributed by atoms with E-state index in [0.717, 1.165) is 28.9 Å². The minimum atomic E-state index is -0.0104. The van der Waals surface area contributed by atoms with Gasteiger partial charge in [-0.2, -0.15) is 5.10 Å². The molecule has 0 bridgehead atoms. The van der Waals surface area contributed by atoms with E-state index in [1.165, 1.54) is 25.7 Å². The van der Waals surface area contributed by atoms with Crippen LogP contribution < -0.4 is 5.32 Å². The lowest BCUT2D eigenvalue weighted by Gasteiger charge is -2.14. The molecule has 0 atom stereocenters. The molecule has 0 aliphatic heterocycles. The van der Waals surface area contributed by atoms with Crippen LogP contribution >= 0.6 is 0 Å². The van der Waals surface area contributed by atoms with Crippen LogP contribution in [-0.2, 0) is 0 Å². The van der Waals surface area contributed by atoms with Crippen molar-refractivity contribution in [2.75, 3.05) is 6.54 Å². The van der Waals surface area contributed by atoms with Crippen molar-refractivity contribution in [2.24, 2.45) is 0 Å². The first-order valence-corrected chi connectivity index (χ1v) is 9.21. The number of pyridine rings is 1. The number of nitrogens with zero attached hydrogens (tertiary/aromatic N) is 3. The second-order valence-electron chi connectivity index (χ2n) is 6.75. The Morgan fingerprint density at radius 2 is 2.08 bits per heavy atom. The molecule has 1 aliphatic rings. The summed E-state index contributed by atoms with van der Waals surface area (Å²) in [4.78, 5) is 12.6. The predicted octanol–water partition coefficient (Wildman–Crippen LogP) is 4.06. The quantitative estimate of drug-likeness (QED) is 0.764. The highest BCUT2D eigenvalue weighted by atomic mass is 16.1. The smallest absolute Gasteiger partial charge is 0.253 e. The Morgan fingerprint density at radius 1 is 1.24 bits per heavy atom. The van der Waals surface area contributed by atoms with Crippen LogP contribution in [0.25, 0.3) is 16.9 Å². The van der Waals surface area contributed by atoms with E-state index in [1.807, 2.05) is 36.7 Å². The summed E-state index contributed by atoms with van der Waals surface area (Å²) in [6.45, 7) is 2.75. The van der Waals surface area contributed by atoms with Gasteiger partial charge in [0.1, 0.15) is 0 Å². The third kappa shape index (κ3) is 2.84. The molecule has 25 heavy (non-hydrogen) atoms. The maximum atomic E-state index is 12.6. The molecule has 0 radical (unpaired) electrons. The van der Waals surface area contributed by atoms with Crippen molar-refractivity contribution in [3.63, 3.8) is 0 Å². The molecule has 1 N–H and O–H groups in total. The Labute approximate surface area is 147 Å². The summed E-state index contributed by atoms with van der Waals surface area (Å²) in [5, 5.41) is 7.58. The summed E-state index contributed by atoms with van der Waals surface area (Å²) in [7, 11) is 0. The Kier molecular flexibility index (Phi) is 4.30. The predicted molar refractivity (Wildman–Crippen MR) is 98.7 cm³/mol. The van der Waals surface area contributed by atoms with Gasteiger partial charge >= 0.3 is 0 Å². The van der Waals surface area contributed by atoms with Gasteiger partial charge < -0.3 is 9.72 Å². The standard InChI is InChI=1S/C20H24N4O/c1-2-11-21-20(25)16-14-19(23-13-6-5-9-17(16)23)18-10-12-22-24(18)15-7-3-4-8-15/h5-6,9-10,12-15H,2-4,7-8,11H2,1H3,(H,21,25). The second kappa shape index (κ2) is 6.75. The second-order valence-corrected chi connectivity index (χ2v) is 6.75. The molecule has 0 spiro atoms. The van der Waals surface area contributed by atoms with Crippen LogP contribution in [0.1, 0.15) is 55.4 Å². The zero-order valence-electron chi connectivity index (χ0n) is 14.6. The normalized spacial score (nSPS) is 15.1. The van der Waals surface area contributed by atoms with Gasteiger partial charge in [0.05, 0.1) is 28.5 Å². The van der Waals surface area contributed by atoms with Gasteiger partial charge in [0, 0.05) is 18.9 Å². The molecule has 3 aromatic rings. The molecule has 3 aromatic heterocycles. The van der Waals surface area contributed by atoms with Crippen LogP contribution in [0.4, 0.5) is 0 Å². The molecule has 0 saturated heterocycles. The minimum Gasteiger partial charge on any atom is -0.352 e. The number of amides is 1. The molecule has 1 aliphatic carbocycles.